The number of para-hydroxylation sites is 5. The fourth-order valence-electron chi connectivity index (χ4n) is 9.70. The molecule has 3 atom stereocenters. The topological polar surface area (TPSA) is 9.72 Å². The summed E-state index contributed by atoms with van der Waals surface area (Å²) in [5, 5.41) is 3.98. The summed E-state index contributed by atoms with van der Waals surface area (Å²) in [5.41, 5.74) is 11.1. The molecule has 1 fully saturated rings. The average molecular weight is 672 g/mol. The van der Waals surface area contributed by atoms with Gasteiger partial charge in [-0.1, -0.05) is 123 Å². The highest BCUT2D eigenvalue weighted by molar-refractivity contribution is 8.26. The summed E-state index contributed by atoms with van der Waals surface area (Å²) < 4.78 is 0. The van der Waals surface area contributed by atoms with E-state index in [4.69, 9.17) is 11.8 Å². The summed E-state index contributed by atoms with van der Waals surface area (Å²) in [6, 6.07) is 51.0. The lowest BCUT2D eigenvalue weighted by atomic mass is 9.61. The van der Waals surface area contributed by atoms with Crippen LogP contribution < -0.4 is 30.6 Å². The van der Waals surface area contributed by atoms with Crippen LogP contribution in [0.25, 0.3) is 0 Å². The third-order valence-corrected chi connectivity index (χ3v) is 17.0. The largest absolute Gasteiger partial charge is 0.333 e. The highest BCUT2D eigenvalue weighted by Gasteiger charge is 2.63. The zero-order valence-corrected chi connectivity index (χ0v) is 29.6. The lowest BCUT2D eigenvalue weighted by molar-refractivity contribution is 0.195. The molecular weight excluding hydrogens is 634 g/mol. The SMILES string of the molecule is CC12CCCCC1(C)N1c3ccccc3P3(=S)c4ccccc4N(c4ccccc4)c4cc(N(c5ccccc5)c5ccccc5)c2c1c43. The fraction of sp³-hybridized carbons (Fsp3) is 0.182. The molecule has 0 spiro atoms. The summed E-state index contributed by atoms with van der Waals surface area (Å²) in [7, 11) is 0. The molecule has 0 N–H and O–H groups in total. The van der Waals surface area contributed by atoms with Crippen molar-refractivity contribution < 1.29 is 0 Å². The maximum atomic E-state index is 7.28. The third-order valence-electron chi connectivity index (χ3n) is 12.0. The predicted octanol–water partition coefficient (Wildman–Crippen LogP) is 10.8. The summed E-state index contributed by atoms with van der Waals surface area (Å²) in [6.45, 7) is 5.12. The van der Waals surface area contributed by atoms with Gasteiger partial charge < -0.3 is 14.7 Å². The molecule has 0 bridgehead atoms. The van der Waals surface area contributed by atoms with E-state index in [1.165, 1.54) is 62.8 Å². The van der Waals surface area contributed by atoms with Crippen LogP contribution >= 0.6 is 6.04 Å². The van der Waals surface area contributed by atoms with E-state index >= 15 is 0 Å². The van der Waals surface area contributed by atoms with Crippen LogP contribution in [0.2, 0.25) is 0 Å². The lowest BCUT2D eigenvalue weighted by Gasteiger charge is -2.53. The molecule has 49 heavy (non-hydrogen) atoms. The van der Waals surface area contributed by atoms with Gasteiger partial charge in [0.25, 0.3) is 0 Å². The maximum Gasteiger partial charge on any atom is 0.0594 e. The Morgan fingerprint density at radius 3 is 1.80 bits per heavy atom. The van der Waals surface area contributed by atoms with E-state index < -0.39 is 6.04 Å². The minimum Gasteiger partial charge on any atom is -0.333 e. The first-order chi connectivity index (χ1) is 24.0. The van der Waals surface area contributed by atoms with Crippen LogP contribution in [0.15, 0.2) is 146 Å². The van der Waals surface area contributed by atoms with Gasteiger partial charge in [0.1, 0.15) is 0 Å². The molecule has 1 aliphatic carbocycles. The van der Waals surface area contributed by atoms with Crippen LogP contribution in [0.5, 0.6) is 0 Å². The Bertz CT molecular complexity index is 2280. The van der Waals surface area contributed by atoms with E-state index in [1.807, 2.05) is 0 Å². The zero-order valence-electron chi connectivity index (χ0n) is 27.9. The van der Waals surface area contributed by atoms with Crippen molar-refractivity contribution in [2.75, 3.05) is 14.7 Å². The Kier molecular flexibility index (Phi) is 6.24. The Morgan fingerprint density at radius 1 is 0.612 bits per heavy atom. The van der Waals surface area contributed by atoms with Crippen molar-refractivity contribution in [3.05, 3.63) is 151 Å². The van der Waals surface area contributed by atoms with Crippen molar-refractivity contribution in [1.29, 1.82) is 0 Å². The van der Waals surface area contributed by atoms with Gasteiger partial charge in [-0.25, -0.2) is 0 Å². The number of fused-ring (bicyclic) bond motifs is 8. The van der Waals surface area contributed by atoms with Crippen LogP contribution in [-0.4, -0.2) is 5.54 Å². The number of nitrogens with zero attached hydrogens (tertiary/aromatic N) is 3. The van der Waals surface area contributed by atoms with E-state index in [2.05, 4.69) is 174 Å². The van der Waals surface area contributed by atoms with Crippen LogP contribution in [0, 0.1) is 0 Å². The second kappa shape index (κ2) is 10.4. The monoisotopic (exact) mass is 671 g/mol. The number of hydrogen-bond acceptors (Lipinski definition) is 4. The van der Waals surface area contributed by atoms with Gasteiger partial charge in [0, 0.05) is 50.0 Å². The minimum absolute atomic E-state index is 0.0983. The number of anilines is 8. The zero-order chi connectivity index (χ0) is 33.0. The van der Waals surface area contributed by atoms with E-state index in [0.29, 0.717) is 0 Å². The second-order valence-corrected chi connectivity index (χ2v) is 18.7. The van der Waals surface area contributed by atoms with Crippen molar-refractivity contribution in [2.24, 2.45) is 0 Å². The quantitative estimate of drug-likeness (QED) is 0.172. The summed E-state index contributed by atoms with van der Waals surface area (Å²) in [4.78, 5) is 7.81. The number of rotatable bonds is 4. The van der Waals surface area contributed by atoms with Gasteiger partial charge in [-0.2, -0.15) is 0 Å². The van der Waals surface area contributed by atoms with E-state index in [1.54, 1.807) is 0 Å². The molecule has 3 nitrogen and oxygen atoms in total. The average Bonchev–Trinajstić information content (AvgIpc) is 3.37. The molecular formula is C44H38N3PS. The van der Waals surface area contributed by atoms with Gasteiger partial charge >= 0.3 is 0 Å². The molecule has 0 radical (unpaired) electrons. The number of hydrogen-bond donors (Lipinski definition) is 0. The van der Waals surface area contributed by atoms with Gasteiger partial charge in [0.2, 0.25) is 0 Å². The van der Waals surface area contributed by atoms with Crippen LogP contribution in [0.3, 0.4) is 0 Å². The standard InChI is InChI=1S/C44H38N3PS/c1-43-28-16-17-29-44(43,2)47-35-25-13-15-27-39(35)48(49)38-26-14-12-24-34(38)46(33-22-10-5-11-23-33)37-30-36(40(43)41(47)42(37)48)45(31-18-6-3-7-19-31)32-20-8-4-9-21-32/h3-15,18-27,30H,16-17,28-29H2,1-2H3. The molecule has 6 aromatic carbocycles. The van der Waals surface area contributed by atoms with Crippen LogP contribution in [0.1, 0.15) is 45.1 Å². The highest BCUT2D eigenvalue weighted by Crippen LogP contribution is 2.71. The molecule has 5 heteroatoms. The Labute approximate surface area is 294 Å². The van der Waals surface area contributed by atoms with E-state index in [9.17, 15) is 0 Å². The molecule has 3 aliphatic heterocycles. The molecule has 3 unspecified atom stereocenters. The van der Waals surface area contributed by atoms with Crippen molar-refractivity contribution in [2.45, 2.75) is 50.5 Å². The highest BCUT2D eigenvalue weighted by atomic mass is 32.4. The molecule has 3 heterocycles. The second-order valence-electron chi connectivity index (χ2n) is 14.4. The van der Waals surface area contributed by atoms with Gasteiger partial charge in [-0.05, 0) is 74.4 Å². The first-order valence-electron chi connectivity index (χ1n) is 17.5. The molecule has 0 saturated heterocycles. The predicted molar refractivity (Wildman–Crippen MR) is 212 cm³/mol. The Balaban J connectivity index is 1.42. The van der Waals surface area contributed by atoms with Crippen molar-refractivity contribution in [1.82, 2.24) is 0 Å². The normalized spacial score (nSPS) is 24.0. The van der Waals surface area contributed by atoms with Gasteiger partial charge in [-0.3, -0.25) is 0 Å². The molecule has 1 saturated carbocycles. The third kappa shape index (κ3) is 3.71. The van der Waals surface area contributed by atoms with E-state index in [-0.39, 0.29) is 11.0 Å². The first kappa shape index (κ1) is 29.3. The Morgan fingerprint density at radius 2 is 1.14 bits per heavy atom. The van der Waals surface area contributed by atoms with Crippen molar-refractivity contribution >= 4 is 79.3 Å². The van der Waals surface area contributed by atoms with Crippen LogP contribution in [0.4, 0.5) is 45.5 Å². The smallest absolute Gasteiger partial charge is 0.0594 e. The Hall–Kier alpha value is -4.63. The molecule has 6 aromatic rings. The molecule has 0 amide bonds. The summed E-state index contributed by atoms with van der Waals surface area (Å²) in [6.07, 6.45) is 4.73. The first-order valence-corrected chi connectivity index (χ1v) is 20.3. The minimum atomic E-state index is -2.47. The fourth-order valence-corrected chi connectivity index (χ4v) is 14.5. The molecule has 0 aromatic heterocycles. The van der Waals surface area contributed by atoms with Crippen molar-refractivity contribution in [3.8, 4) is 0 Å². The molecule has 10 rings (SSSR count). The lowest BCUT2D eigenvalue weighted by Crippen LogP contribution is -2.57. The van der Waals surface area contributed by atoms with Gasteiger partial charge in [0.05, 0.1) is 34.0 Å². The summed E-state index contributed by atoms with van der Waals surface area (Å²) in [5.74, 6) is 0. The van der Waals surface area contributed by atoms with Crippen LogP contribution in [-0.2, 0) is 17.2 Å². The van der Waals surface area contributed by atoms with E-state index in [0.717, 1.165) is 29.9 Å². The van der Waals surface area contributed by atoms with Gasteiger partial charge in [-0.15, -0.1) is 0 Å². The summed E-state index contributed by atoms with van der Waals surface area (Å²) >= 11 is 7.28. The van der Waals surface area contributed by atoms with Gasteiger partial charge in [0.15, 0.2) is 0 Å². The number of benzene rings is 6. The van der Waals surface area contributed by atoms with Crippen molar-refractivity contribution in [3.63, 3.8) is 0 Å². The molecule has 240 valence electrons. The maximum absolute atomic E-state index is 7.28. The molecule has 4 aliphatic rings.